The molecule has 0 spiro atoms. The minimum atomic E-state index is -0.498. The van der Waals surface area contributed by atoms with Gasteiger partial charge in [-0.2, -0.15) is 0 Å². The molecule has 1 saturated carbocycles. The molecule has 0 N–H and O–H groups in total. The van der Waals surface area contributed by atoms with Crippen LogP contribution in [-0.2, 0) is 19.2 Å². The molecule has 1 unspecified atom stereocenters. The van der Waals surface area contributed by atoms with E-state index in [1.807, 2.05) is 0 Å². The molecule has 0 radical (unpaired) electrons. The third-order valence-electron chi connectivity index (χ3n) is 5.13. The second-order valence-corrected chi connectivity index (χ2v) is 6.72. The van der Waals surface area contributed by atoms with E-state index in [0.29, 0.717) is 5.70 Å². The molecule has 6 heteroatoms. The summed E-state index contributed by atoms with van der Waals surface area (Å²) in [6.45, 7) is 0. The highest BCUT2D eigenvalue weighted by Gasteiger charge is 2.36. The van der Waals surface area contributed by atoms with Crippen LogP contribution in [0.1, 0.15) is 32.1 Å². The van der Waals surface area contributed by atoms with Gasteiger partial charge < -0.3 is 0 Å². The highest BCUT2D eigenvalue weighted by atomic mass is 16.2. The van der Waals surface area contributed by atoms with E-state index in [0.717, 1.165) is 42.6 Å². The van der Waals surface area contributed by atoms with Gasteiger partial charge in [-0.25, -0.2) is 4.90 Å². The van der Waals surface area contributed by atoms with Crippen molar-refractivity contribution in [3.05, 3.63) is 59.4 Å². The highest BCUT2D eigenvalue weighted by Crippen LogP contribution is 2.34. The summed E-state index contributed by atoms with van der Waals surface area (Å²) in [5.74, 6) is -1.45. The Morgan fingerprint density at radius 2 is 1.31 bits per heavy atom. The maximum absolute atomic E-state index is 12.2. The fraction of sp³-hybridized carbons (Fsp3) is 0.300. The molecular weight excluding hydrogens is 332 g/mol. The number of imide groups is 2. The number of nitrogens with zero attached hydrogens (tertiary/aromatic N) is 2. The van der Waals surface area contributed by atoms with Crippen LogP contribution in [0.15, 0.2) is 59.4 Å². The first-order valence-corrected chi connectivity index (χ1v) is 8.79. The third-order valence-corrected chi connectivity index (χ3v) is 5.13. The van der Waals surface area contributed by atoms with Gasteiger partial charge in [-0.1, -0.05) is 18.1 Å². The number of carbonyl (C=O) groups excluding carboxylic acids is 4. The van der Waals surface area contributed by atoms with Gasteiger partial charge in [0.2, 0.25) is 0 Å². The normalized spacial score (nSPS) is 25.8. The van der Waals surface area contributed by atoms with Gasteiger partial charge in [-0.3, -0.25) is 24.1 Å². The molecule has 0 saturated heterocycles. The van der Waals surface area contributed by atoms with Crippen molar-refractivity contribution in [1.29, 1.82) is 0 Å². The second kappa shape index (κ2) is 6.37. The molecule has 2 aliphatic carbocycles. The van der Waals surface area contributed by atoms with Crippen LogP contribution in [0.2, 0.25) is 0 Å². The summed E-state index contributed by atoms with van der Waals surface area (Å²) in [5, 5.41) is 0. The van der Waals surface area contributed by atoms with Crippen LogP contribution in [0.25, 0.3) is 0 Å². The Morgan fingerprint density at radius 1 is 0.731 bits per heavy atom. The maximum Gasteiger partial charge on any atom is 0.258 e. The van der Waals surface area contributed by atoms with E-state index in [1.165, 1.54) is 34.8 Å². The molecule has 2 aliphatic heterocycles. The first kappa shape index (κ1) is 16.4. The summed E-state index contributed by atoms with van der Waals surface area (Å²) >= 11 is 0. The molecule has 4 rings (SSSR count). The number of amides is 4. The summed E-state index contributed by atoms with van der Waals surface area (Å²) in [6.07, 6.45) is 15.3. The Balaban J connectivity index is 1.75. The van der Waals surface area contributed by atoms with Crippen molar-refractivity contribution < 1.29 is 19.2 Å². The van der Waals surface area contributed by atoms with Crippen molar-refractivity contribution in [3.8, 4) is 0 Å². The monoisotopic (exact) mass is 350 g/mol. The van der Waals surface area contributed by atoms with Crippen LogP contribution in [0.4, 0.5) is 0 Å². The van der Waals surface area contributed by atoms with Gasteiger partial charge in [0.1, 0.15) is 0 Å². The molecule has 1 fully saturated rings. The van der Waals surface area contributed by atoms with Crippen molar-refractivity contribution in [3.63, 3.8) is 0 Å². The van der Waals surface area contributed by atoms with Crippen LogP contribution in [0, 0.1) is 0 Å². The number of hydrogen-bond donors (Lipinski definition) is 0. The lowest BCUT2D eigenvalue weighted by Gasteiger charge is -2.32. The Bertz CT molecular complexity index is 828. The lowest BCUT2D eigenvalue weighted by Crippen LogP contribution is -2.42. The molecule has 6 nitrogen and oxygen atoms in total. The van der Waals surface area contributed by atoms with Crippen LogP contribution in [-0.4, -0.2) is 39.5 Å². The Kier molecular flexibility index (Phi) is 4.03. The van der Waals surface area contributed by atoms with E-state index in [-0.39, 0.29) is 23.6 Å². The molecule has 0 aromatic heterocycles. The number of allylic oxidation sites excluding steroid dienone is 2. The fourth-order valence-electron chi connectivity index (χ4n) is 3.87. The first-order valence-electron chi connectivity index (χ1n) is 8.79. The molecular formula is C20H18N2O4. The summed E-state index contributed by atoms with van der Waals surface area (Å²) in [4.78, 5) is 50.7. The fourth-order valence-corrected chi connectivity index (χ4v) is 3.87. The van der Waals surface area contributed by atoms with Gasteiger partial charge in [-0.15, -0.1) is 0 Å². The summed E-state index contributed by atoms with van der Waals surface area (Å²) in [6, 6.07) is -0.498. The van der Waals surface area contributed by atoms with E-state index in [1.54, 1.807) is 18.2 Å². The SMILES string of the molecule is O=C1C=CC(=O)N1C1=CC(=C2CCCCC2)C(N2C(=O)C=CC2=O)C=C1. The van der Waals surface area contributed by atoms with Gasteiger partial charge in [0.05, 0.1) is 11.7 Å². The molecule has 132 valence electrons. The zero-order valence-corrected chi connectivity index (χ0v) is 14.2. The van der Waals surface area contributed by atoms with Crippen LogP contribution < -0.4 is 0 Å². The average Bonchev–Trinajstić information content (AvgIpc) is 3.16. The zero-order chi connectivity index (χ0) is 18.3. The van der Waals surface area contributed by atoms with Crippen molar-refractivity contribution in [2.45, 2.75) is 38.1 Å². The number of rotatable bonds is 2. The van der Waals surface area contributed by atoms with Crippen molar-refractivity contribution >= 4 is 23.6 Å². The number of carbonyl (C=O) groups is 4. The maximum atomic E-state index is 12.2. The molecule has 2 heterocycles. The van der Waals surface area contributed by atoms with E-state index in [2.05, 4.69) is 0 Å². The average molecular weight is 350 g/mol. The van der Waals surface area contributed by atoms with Gasteiger partial charge in [-0.05, 0) is 43.4 Å². The Morgan fingerprint density at radius 3 is 1.92 bits per heavy atom. The minimum Gasteiger partial charge on any atom is -0.269 e. The molecule has 1 atom stereocenters. The molecule has 0 aromatic rings. The standard InChI is InChI=1S/C20H18N2O4/c23-17-8-9-18(24)21(17)14-6-7-16(22-19(25)10-11-20(22)26)15(12-14)13-4-2-1-3-5-13/h6-12,16H,1-5H2. The van der Waals surface area contributed by atoms with Crippen LogP contribution >= 0.6 is 0 Å². The Labute approximate surface area is 150 Å². The Hall–Kier alpha value is -3.02. The largest absolute Gasteiger partial charge is 0.269 e. The van der Waals surface area contributed by atoms with Crippen molar-refractivity contribution in [2.75, 3.05) is 0 Å². The molecule has 26 heavy (non-hydrogen) atoms. The highest BCUT2D eigenvalue weighted by molar-refractivity contribution is 6.15. The lowest BCUT2D eigenvalue weighted by atomic mass is 9.85. The molecule has 0 bridgehead atoms. The topological polar surface area (TPSA) is 74.8 Å². The summed E-state index contributed by atoms with van der Waals surface area (Å²) in [5.41, 5.74) is 2.50. The van der Waals surface area contributed by atoms with Gasteiger partial charge in [0.25, 0.3) is 23.6 Å². The van der Waals surface area contributed by atoms with Gasteiger partial charge in [0, 0.05) is 24.3 Å². The van der Waals surface area contributed by atoms with E-state index in [9.17, 15) is 19.2 Å². The van der Waals surface area contributed by atoms with Gasteiger partial charge >= 0.3 is 0 Å². The lowest BCUT2D eigenvalue weighted by molar-refractivity contribution is -0.138. The van der Waals surface area contributed by atoms with Crippen molar-refractivity contribution in [2.24, 2.45) is 0 Å². The van der Waals surface area contributed by atoms with Gasteiger partial charge in [0.15, 0.2) is 0 Å². The summed E-state index contributed by atoms with van der Waals surface area (Å²) < 4.78 is 0. The first-order chi connectivity index (χ1) is 12.6. The molecule has 0 aromatic carbocycles. The van der Waals surface area contributed by atoms with E-state index < -0.39 is 6.04 Å². The predicted octanol–water partition coefficient (Wildman–Crippen LogP) is 1.92. The quantitative estimate of drug-likeness (QED) is 0.713. The van der Waals surface area contributed by atoms with E-state index >= 15 is 0 Å². The van der Waals surface area contributed by atoms with E-state index in [4.69, 9.17) is 0 Å². The summed E-state index contributed by atoms with van der Waals surface area (Å²) in [7, 11) is 0. The van der Waals surface area contributed by atoms with Crippen molar-refractivity contribution in [1.82, 2.24) is 9.80 Å². The smallest absolute Gasteiger partial charge is 0.258 e. The molecule has 4 amide bonds. The van der Waals surface area contributed by atoms with Crippen LogP contribution in [0.5, 0.6) is 0 Å². The van der Waals surface area contributed by atoms with Crippen LogP contribution in [0.3, 0.4) is 0 Å². The second-order valence-electron chi connectivity index (χ2n) is 6.72. The predicted molar refractivity (Wildman–Crippen MR) is 93.1 cm³/mol. The third kappa shape index (κ3) is 2.67. The molecule has 4 aliphatic rings. The number of hydrogen-bond acceptors (Lipinski definition) is 4. The zero-order valence-electron chi connectivity index (χ0n) is 14.2. The minimum absolute atomic E-state index is 0.342.